The van der Waals surface area contributed by atoms with Crippen molar-refractivity contribution in [3.63, 3.8) is 0 Å². The van der Waals surface area contributed by atoms with Crippen molar-refractivity contribution in [1.29, 1.82) is 5.26 Å². The predicted octanol–water partition coefficient (Wildman–Crippen LogP) is 4.15. The molecule has 1 fully saturated rings. The highest BCUT2D eigenvalue weighted by Gasteiger charge is 2.24. The van der Waals surface area contributed by atoms with Gasteiger partial charge >= 0.3 is 0 Å². The molecule has 0 unspecified atom stereocenters. The molecule has 0 atom stereocenters. The number of anilines is 2. The Bertz CT molecular complexity index is 1120. The van der Waals surface area contributed by atoms with Gasteiger partial charge in [-0.15, -0.1) is 0 Å². The molecule has 1 aliphatic heterocycles. The van der Waals surface area contributed by atoms with Crippen LogP contribution in [0.4, 0.5) is 15.8 Å². The van der Waals surface area contributed by atoms with E-state index in [2.05, 4.69) is 10.2 Å². The minimum absolute atomic E-state index is 0.0677. The summed E-state index contributed by atoms with van der Waals surface area (Å²) in [7, 11) is 0. The average Bonchev–Trinajstić information content (AvgIpc) is 2.80. The third-order valence-corrected chi connectivity index (χ3v) is 5.27. The van der Waals surface area contributed by atoms with Crippen LogP contribution in [0.1, 0.15) is 0 Å². The number of hydrogen-bond acceptors (Lipinski definition) is 4. The summed E-state index contributed by atoms with van der Waals surface area (Å²) in [6.07, 6.45) is 1.48. The lowest BCUT2D eigenvalue weighted by Crippen LogP contribution is -2.49. The van der Waals surface area contributed by atoms with Crippen LogP contribution < -0.4 is 10.2 Å². The molecule has 0 aromatic heterocycles. The lowest BCUT2D eigenvalue weighted by atomic mass is 10.1. The fourth-order valence-corrected chi connectivity index (χ4v) is 3.63. The number of piperazine rings is 1. The molecule has 0 saturated carbocycles. The Kier molecular flexibility index (Phi) is 5.62. The van der Waals surface area contributed by atoms with E-state index in [0.717, 1.165) is 22.1 Å². The highest BCUT2D eigenvalue weighted by Crippen LogP contribution is 2.23. The third-order valence-electron chi connectivity index (χ3n) is 5.27. The molecule has 1 aliphatic rings. The third kappa shape index (κ3) is 4.11. The minimum Gasteiger partial charge on any atom is -0.368 e. The lowest BCUT2D eigenvalue weighted by Gasteiger charge is -2.36. The van der Waals surface area contributed by atoms with E-state index < -0.39 is 0 Å². The second-order valence-corrected chi connectivity index (χ2v) is 7.10. The number of nitrogens with zero attached hydrogens (tertiary/aromatic N) is 3. The Labute approximate surface area is 174 Å². The Morgan fingerprint density at radius 1 is 0.967 bits per heavy atom. The lowest BCUT2D eigenvalue weighted by molar-refractivity contribution is -0.127. The maximum Gasteiger partial charge on any atom is 0.266 e. The summed E-state index contributed by atoms with van der Waals surface area (Å²) in [6, 6.07) is 22.2. The maximum atomic E-state index is 13.1. The number of rotatable bonds is 4. The zero-order chi connectivity index (χ0) is 20.9. The number of nitrogens with one attached hydrogen (secondary N) is 1. The van der Waals surface area contributed by atoms with E-state index in [1.807, 2.05) is 48.5 Å². The molecule has 0 spiro atoms. The van der Waals surface area contributed by atoms with Crippen molar-refractivity contribution >= 4 is 28.1 Å². The zero-order valence-electron chi connectivity index (χ0n) is 16.4. The number of nitriles is 1. The second-order valence-electron chi connectivity index (χ2n) is 7.10. The van der Waals surface area contributed by atoms with Gasteiger partial charge in [-0.05, 0) is 35.7 Å². The Balaban J connectivity index is 1.43. The van der Waals surface area contributed by atoms with Crippen molar-refractivity contribution in [3.05, 3.63) is 84.3 Å². The zero-order valence-corrected chi connectivity index (χ0v) is 16.4. The van der Waals surface area contributed by atoms with E-state index in [-0.39, 0.29) is 17.3 Å². The van der Waals surface area contributed by atoms with Gasteiger partial charge in [-0.2, -0.15) is 5.26 Å². The van der Waals surface area contributed by atoms with Crippen LogP contribution in [0.2, 0.25) is 0 Å². The van der Waals surface area contributed by atoms with E-state index in [1.165, 1.54) is 18.3 Å². The van der Waals surface area contributed by atoms with Gasteiger partial charge in [0.1, 0.15) is 17.5 Å². The van der Waals surface area contributed by atoms with E-state index in [4.69, 9.17) is 0 Å². The van der Waals surface area contributed by atoms with Gasteiger partial charge in [0.25, 0.3) is 5.91 Å². The Morgan fingerprint density at radius 3 is 2.40 bits per heavy atom. The Morgan fingerprint density at radius 2 is 1.67 bits per heavy atom. The number of benzene rings is 3. The molecule has 5 nitrogen and oxygen atoms in total. The molecule has 150 valence electrons. The van der Waals surface area contributed by atoms with E-state index >= 15 is 0 Å². The molecule has 3 aromatic rings. The van der Waals surface area contributed by atoms with Crippen LogP contribution in [0.3, 0.4) is 0 Å². The number of halogens is 1. The van der Waals surface area contributed by atoms with Crippen molar-refractivity contribution in [2.45, 2.75) is 0 Å². The molecular formula is C24H21FN4O. The van der Waals surface area contributed by atoms with Crippen LogP contribution in [0.15, 0.2) is 78.5 Å². The normalized spacial score (nSPS) is 14.5. The first-order chi connectivity index (χ1) is 14.7. The fraction of sp³-hybridized carbons (Fsp3) is 0.167. The molecule has 1 heterocycles. The van der Waals surface area contributed by atoms with Crippen molar-refractivity contribution in [1.82, 2.24) is 4.90 Å². The smallest absolute Gasteiger partial charge is 0.266 e. The number of carbonyl (C=O) groups is 1. The summed E-state index contributed by atoms with van der Waals surface area (Å²) in [5.41, 5.74) is 1.84. The number of fused-ring (bicyclic) bond motifs is 1. The van der Waals surface area contributed by atoms with Gasteiger partial charge in [0.2, 0.25) is 0 Å². The standard InChI is InChI=1S/C24H21FN4O/c25-20-8-10-21(11-9-20)28-12-14-29(15-13-28)24(30)19(16-26)17-27-23-7-3-5-18-4-1-2-6-22(18)23/h1-11,17,27H,12-15H2/b19-17-. The van der Waals surface area contributed by atoms with Gasteiger partial charge in [0, 0.05) is 49.1 Å². The SMILES string of the molecule is N#C/C(=C/Nc1cccc2ccccc12)C(=O)N1CCN(c2ccc(F)cc2)CC1. The van der Waals surface area contributed by atoms with Gasteiger partial charge < -0.3 is 15.1 Å². The molecule has 1 N–H and O–H groups in total. The Hall–Kier alpha value is -3.85. The first kappa shape index (κ1) is 19.5. The summed E-state index contributed by atoms with van der Waals surface area (Å²) < 4.78 is 13.1. The van der Waals surface area contributed by atoms with Crippen molar-refractivity contribution in [3.8, 4) is 6.07 Å². The maximum absolute atomic E-state index is 13.1. The van der Waals surface area contributed by atoms with Gasteiger partial charge in [-0.3, -0.25) is 4.79 Å². The molecular weight excluding hydrogens is 379 g/mol. The molecule has 0 aliphatic carbocycles. The summed E-state index contributed by atoms with van der Waals surface area (Å²) >= 11 is 0. The molecule has 30 heavy (non-hydrogen) atoms. The summed E-state index contributed by atoms with van der Waals surface area (Å²) in [4.78, 5) is 16.6. The number of hydrogen-bond donors (Lipinski definition) is 1. The van der Waals surface area contributed by atoms with E-state index in [9.17, 15) is 14.4 Å². The first-order valence-electron chi connectivity index (χ1n) is 9.80. The van der Waals surface area contributed by atoms with Gasteiger partial charge in [0.15, 0.2) is 0 Å². The van der Waals surface area contributed by atoms with Crippen molar-refractivity contribution in [2.75, 3.05) is 36.4 Å². The quantitative estimate of drug-likeness (QED) is 0.528. The van der Waals surface area contributed by atoms with Gasteiger partial charge in [-0.25, -0.2) is 4.39 Å². The topological polar surface area (TPSA) is 59.4 Å². The van der Waals surface area contributed by atoms with Crippen LogP contribution in [-0.4, -0.2) is 37.0 Å². The fourth-order valence-electron chi connectivity index (χ4n) is 3.63. The molecule has 6 heteroatoms. The van der Waals surface area contributed by atoms with Crippen LogP contribution in [0.5, 0.6) is 0 Å². The minimum atomic E-state index is -0.288. The highest BCUT2D eigenvalue weighted by atomic mass is 19.1. The first-order valence-corrected chi connectivity index (χ1v) is 9.80. The molecule has 1 saturated heterocycles. The van der Waals surface area contributed by atoms with Crippen molar-refractivity contribution < 1.29 is 9.18 Å². The predicted molar refractivity (Wildman–Crippen MR) is 116 cm³/mol. The monoisotopic (exact) mass is 400 g/mol. The number of carbonyl (C=O) groups excluding carboxylic acids is 1. The van der Waals surface area contributed by atoms with Crippen LogP contribution >= 0.6 is 0 Å². The molecule has 0 radical (unpaired) electrons. The molecule has 3 aromatic carbocycles. The summed E-state index contributed by atoms with van der Waals surface area (Å²) in [6.45, 7) is 2.27. The number of amides is 1. The molecule has 0 bridgehead atoms. The highest BCUT2D eigenvalue weighted by molar-refractivity contribution is 5.99. The van der Waals surface area contributed by atoms with E-state index in [1.54, 1.807) is 17.0 Å². The largest absolute Gasteiger partial charge is 0.368 e. The van der Waals surface area contributed by atoms with Gasteiger partial charge in [0.05, 0.1) is 0 Å². The van der Waals surface area contributed by atoms with Crippen molar-refractivity contribution in [2.24, 2.45) is 0 Å². The second kappa shape index (κ2) is 8.66. The van der Waals surface area contributed by atoms with Crippen LogP contribution in [-0.2, 0) is 4.79 Å². The average molecular weight is 400 g/mol. The van der Waals surface area contributed by atoms with E-state index in [0.29, 0.717) is 26.2 Å². The summed E-state index contributed by atoms with van der Waals surface area (Å²) in [5, 5.41) is 14.7. The van der Waals surface area contributed by atoms with Gasteiger partial charge in [-0.1, -0.05) is 36.4 Å². The molecule has 1 amide bonds. The summed E-state index contributed by atoms with van der Waals surface area (Å²) in [5.74, 6) is -0.556. The van der Waals surface area contributed by atoms with Crippen LogP contribution in [0, 0.1) is 17.1 Å². The van der Waals surface area contributed by atoms with Crippen LogP contribution in [0.25, 0.3) is 10.8 Å². The molecule has 4 rings (SSSR count).